The van der Waals surface area contributed by atoms with E-state index in [9.17, 15) is 4.39 Å². The van der Waals surface area contributed by atoms with E-state index in [2.05, 4.69) is 20.0 Å². The molecule has 24 heavy (non-hydrogen) atoms. The molecule has 1 N–H and O–H groups in total. The van der Waals surface area contributed by atoms with Crippen LogP contribution in [-0.2, 0) is 6.54 Å². The minimum Gasteiger partial charge on any atom is -0.342 e. The van der Waals surface area contributed by atoms with Crippen LogP contribution in [0.2, 0.25) is 0 Å². The molecule has 126 valence electrons. The maximum Gasteiger partial charge on any atom is 0.125 e. The lowest BCUT2D eigenvalue weighted by Crippen LogP contribution is -2.35. The summed E-state index contributed by atoms with van der Waals surface area (Å²) in [4.78, 5) is 10.4. The number of hydrogen-bond donors (Lipinski definition) is 1. The predicted octanol–water partition coefficient (Wildman–Crippen LogP) is 3.09. The Bertz CT molecular complexity index is 829. The minimum atomic E-state index is -0.221. The fourth-order valence-corrected chi connectivity index (χ4v) is 3.46. The molecule has 0 aliphatic carbocycles. The molecular formula is C18H22FN5. The Morgan fingerprint density at radius 2 is 2.04 bits per heavy atom. The Labute approximate surface area is 140 Å². The normalized spacial score (nSPS) is 16.9. The number of nitrogens with one attached hydrogen (secondary N) is 1. The van der Waals surface area contributed by atoms with E-state index in [0.29, 0.717) is 5.92 Å². The molecule has 0 amide bonds. The van der Waals surface area contributed by atoms with Gasteiger partial charge in [0, 0.05) is 18.7 Å². The van der Waals surface area contributed by atoms with Gasteiger partial charge < -0.3 is 9.88 Å². The lowest BCUT2D eigenvalue weighted by atomic mass is 9.96. The van der Waals surface area contributed by atoms with Crippen molar-refractivity contribution in [2.75, 3.05) is 19.6 Å². The molecule has 3 heterocycles. The summed E-state index contributed by atoms with van der Waals surface area (Å²) in [5.41, 5.74) is 2.71. The van der Waals surface area contributed by atoms with Crippen molar-refractivity contribution in [3.05, 3.63) is 47.8 Å². The lowest BCUT2D eigenvalue weighted by molar-refractivity contribution is 0.200. The van der Waals surface area contributed by atoms with Crippen LogP contribution >= 0.6 is 0 Å². The van der Waals surface area contributed by atoms with E-state index in [1.807, 2.05) is 23.9 Å². The first kappa shape index (κ1) is 15.3. The number of hydrogen-bond acceptors (Lipinski definition) is 3. The molecule has 0 bridgehead atoms. The molecular weight excluding hydrogens is 305 g/mol. The van der Waals surface area contributed by atoms with E-state index >= 15 is 0 Å². The molecule has 1 fully saturated rings. The Kier molecular flexibility index (Phi) is 4.06. The van der Waals surface area contributed by atoms with Gasteiger partial charge in [-0.25, -0.2) is 9.37 Å². The number of piperidine rings is 1. The average molecular weight is 327 g/mol. The van der Waals surface area contributed by atoms with Crippen LogP contribution in [0.4, 0.5) is 4.39 Å². The fourth-order valence-electron chi connectivity index (χ4n) is 3.46. The highest BCUT2D eigenvalue weighted by Crippen LogP contribution is 2.27. The summed E-state index contributed by atoms with van der Waals surface area (Å²) >= 11 is 0. The number of rotatable bonds is 4. The van der Waals surface area contributed by atoms with E-state index in [0.717, 1.165) is 61.6 Å². The second kappa shape index (κ2) is 6.36. The van der Waals surface area contributed by atoms with Gasteiger partial charge in [-0.1, -0.05) is 0 Å². The van der Waals surface area contributed by atoms with Crippen LogP contribution in [0.1, 0.15) is 30.3 Å². The molecule has 2 aromatic heterocycles. The van der Waals surface area contributed by atoms with Crippen molar-refractivity contribution in [3.63, 3.8) is 0 Å². The van der Waals surface area contributed by atoms with E-state index < -0.39 is 0 Å². The summed E-state index contributed by atoms with van der Waals surface area (Å²) in [5.74, 6) is 1.21. The van der Waals surface area contributed by atoms with Crippen LogP contribution < -0.4 is 0 Å². The highest BCUT2D eigenvalue weighted by Gasteiger charge is 2.23. The first-order valence-electron chi connectivity index (χ1n) is 8.55. The molecule has 3 aromatic rings. The zero-order chi connectivity index (χ0) is 16.5. The molecule has 0 unspecified atom stereocenters. The first-order chi connectivity index (χ1) is 11.7. The Balaban J connectivity index is 1.34. The zero-order valence-electron chi connectivity index (χ0n) is 13.9. The third kappa shape index (κ3) is 3.19. The Hall–Kier alpha value is -2.21. The van der Waals surface area contributed by atoms with E-state index in [1.165, 1.54) is 12.1 Å². The summed E-state index contributed by atoms with van der Waals surface area (Å²) in [6.45, 7) is 6.11. The number of aryl methyl sites for hydroxylation is 1. The number of imidazole rings is 1. The number of benzene rings is 1. The Morgan fingerprint density at radius 1 is 1.21 bits per heavy atom. The van der Waals surface area contributed by atoms with Crippen LogP contribution in [0.15, 0.2) is 30.5 Å². The van der Waals surface area contributed by atoms with Gasteiger partial charge in [-0.3, -0.25) is 4.68 Å². The lowest BCUT2D eigenvalue weighted by Gasteiger charge is -2.30. The van der Waals surface area contributed by atoms with Gasteiger partial charge in [-0.15, -0.1) is 0 Å². The number of H-pyrrole nitrogens is 1. The molecule has 4 rings (SSSR count). The van der Waals surface area contributed by atoms with Crippen molar-refractivity contribution < 1.29 is 4.39 Å². The van der Waals surface area contributed by atoms with E-state index in [4.69, 9.17) is 0 Å². The molecule has 0 spiro atoms. The largest absolute Gasteiger partial charge is 0.342 e. The number of likely N-dealkylation sites (tertiary alicyclic amines) is 1. The van der Waals surface area contributed by atoms with Gasteiger partial charge in [0.05, 0.1) is 23.3 Å². The zero-order valence-corrected chi connectivity index (χ0v) is 13.9. The topological polar surface area (TPSA) is 49.7 Å². The highest BCUT2D eigenvalue weighted by molar-refractivity contribution is 5.75. The highest BCUT2D eigenvalue weighted by atomic mass is 19.1. The number of aromatic nitrogens is 4. The smallest absolute Gasteiger partial charge is 0.125 e. The SMILES string of the molecule is Cc1ccn(CCN2CCC(c3nc4ccc(F)cc4[nH]3)CC2)n1. The number of nitrogens with zero attached hydrogens (tertiary/aromatic N) is 4. The van der Waals surface area contributed by atoms with Crippen molar-refractivity contribution in [1.29, 1.82) is 0 Å². The van der Waals surface area contributed by atoms with Gasteiger partial charge in [0.15, 0.2) is 0 Å². The number of halogens is 1. The molecule has 0 radical (unpaired) electrons. The standard InChI is InChI=1S/C18H22FN5/c1-13-4-9-24(22-13)11-10-23-7-5-14(6-8-23)18-20-16-3-2-15(19)12-17(16)21-18/h2-4,9,12,14H,5-8,10-11H2,1H3,(H,20,21). The van der Waals surface area contributed by atoms with Gasteiger partial charge in [-0.05, 0) is 57.1 Å². The summed E-state index contributed by atoms with van der Waals surface area (Å²) in [7, 11) is 0. The molecule has 0 saturated carbocycles. The third-order valence-electron chi connectivity index (χ3n) is 4.86. The average Bonchev–Trinajstić information content (AvgIpc) is 3.19. The van der Waals surface area contributed by atoms with E-state index in [-0.39, 0.29) is 5.82 Å². The molecule has 6 heteroatoms. The monoisotopic (exact) mass is 327 g/mol. The molecule has 0 atom stereocenters. The van der Waals surface area contributed by atoms with Crippen molar-refractivity contribution in [3.8, 4) is 0 Å². The molecule has 1 aliphatic heterocycles. The van der Waals surface area contributed by atoms with Gasteiger partial charge in [-0.2, -0.15) is 5.10 Å². The van der Waals surface area contributed by atoms with Crippen molar-refractivity contribution in [2.24, 2.45) is 0 Å². The predicted molar refractivity (Wildman–Crippen MR) is 91.4 cm³/mol. The number of aromatic amines is 1. The maximum absolute atomic E-state index is 13.3. The number of fused-ring (bicyclic) bond motifs is 1. The molecule has 1 saturated heterocycles. The maximum atomic E-state index is 13.3. The van der Waals surface area contributed by atoms with Crippen LogP contribution in [0.5, 0.6) is 0 Å². The minimum absolute atomic E-state index is 0.221. The molecule has 1 aliphatic rings. The second-order valence-corrected chi connectivity index (χ2v) is 6.62. The Morgan fingerprint density at radius 3 is 2.79 bits per heavy atom. The van der Waals surface area contributed by atoms with Crippen LogP contribution in [0.25, 0.3) is 11.0 Å². The van der Waals surface area contributed by atoms with Crippen molar-refractivity contribution in [2.45, 2.75) is 32.2 Å². The summed E-state index contributed by atoms with van der Waals surface area (Å²) < 4.78 is 15.3. The van der Waals surface area contributed by atoms with Crippen LogP contribution in [-0.4, -0.2) is 44.3 Å². The molecule has 1 aromatic carbocycles. The van der Waals surface area contributed by atoms with Gasteiger partial charge in [0.2, 0.25) is 0 Å². The van der Waals surface area contributed by atoms with Gasteiger partial charge in [0.25, 0.3) is 0 Å². The third-order valence-corrected chi connectivity index (χ3v) is 4.86. The second-order valence-electron chi connectivity index (χ2n) is 6.62. The van der Waals surface area contributed by atoms with Crippen LogP contribution in [0.3, 0.4) is 0 Å². The summed E-state index contributed by atoms with van der Waals surface area (Å²) in [5, 5.41) is 4.43. The molecule has 5 nitrogen and oxygen atoms in total. The van der Waals surface area contributed by atoms with Gasteiger partial charge in [0.1, 0.15) is 11.6 Å². The van der Waals surface area contributed by atoms with E-state index in [1.54, 1.807) is 6.07 Å². The van der Waals surface area contributed by atoms with Gasteiger partial charge >= 0.3 is 0 Å². The first-order valence-corrected chi connectivity index (χ1v) is 8.55. The van der Waals surface area contributed by atoms with Crippen molar-refractivity contribution in [1.82, 2.24) is 24.6 Å². The quantitative estimate of drug-likeness (QED) is 0.801. The summed E-state index contributed by atoms with van der Waals surface area (Å²) in [6, 6.07) is 6.77. The summed E-state index contributed by atoms with van der Waals surface area (Å²) in [6.07, 6.45) is 4.20. The van der Waals surface area contributed by atoms with Crippen molar-refractivity contribution >= 4 is 11.0 Å². The van der Waals surface area contributed by atoms with Crippen LogP contribution in [0, 0.1) is 12.7 Å². The fraction of sp³-hybridized carbons (Fsp3) is 0.444.